The van der Waals surface area contributed by atoms with Gasteiger partial charge in [0.1, 0.15) is 5.75 Å². The summed E-state index contributed by atoms with van der Waals surface area (Å²) in [5, 5.41) is 21.3. The van der Waals surface area contributed by atoms with Crippen LogP contribution in [-0.2, 0) is 11.4 Å². The van der Waals surface area contributed by atoms with Crippen molar-refractivity contribution >= 4 is 29.0 Å². The van der Waals surface area contributed by atoms with Crippen LogP contribution < -0.4 is 10.1 Å². The molecule has 1 amide bonds. The quantitative estimate of drug-likeness (QED) is 0.335. The molecular formula is C19H18N4O5S. The third-order valence-electron chi connectivity index (χ3n) is 3.98. The van der Waals surface area contributed by atoms with Gasteiger partial charge >= 0.3 is 0 Å². The van der Waals surface area contributed by atoms with E-state index < -0.39 is 4.92 Å². The van der Waals surface area contributed by atoms with Crippen molar-refractivity contribution < 1.29 is 18.9 Å². The second kappa shape index (κ2) is 9.20. The van der Waals surface area contributed by atoms with Gasteiger partial charge in [0, 0.05) is 17.8 Å². The van der Waals surface area contributed by atoms with Crippen molar-refractivity contribution in [1.29, 1.82) is 0 Å². The number of non-ortho nitro benzene ring substituents is 1. The smallest absolute Gasteiger partial charge is 0.277 e. The Hall–Kier alpha value is -3.40. The Labute approximate surface area is 170 Å². The number of nitro groups is 1. The van der Waals surface area contributed by atoms with Crippen LogP contribution in [0.2, 0.25) is 0 Å². The highest BCUT2D eigenvalue weighted by Crippen LogP contribution is 2.20. The number of aromatic nitrogens is 2. The Bertz CT molecular complexity index is 1020. The molecule has 0 spiro atoms. The molecule has 29 heavy (non-hydrogen) atoms. The fourth-order valence-corrected chi connectivity index (χ4v) is 2.87. The van der Waals surface area contributed by atoms with Crippen molar-refractivity contribution in [2.45, 2.75) is 25.7 Å². The van der Waals surface area contributed by atoms with Crippen LogP contribution in [0.1, 0.15) is 17.0 Å². The lowest BCUT2D eigenvalue weighted by molar-refractivity contribution is -0.384. The lowest BCUT2D eigenvalue weighted by Gasteiger charge is -2.06. The number of nitrogens with zero attached hydrogens (tertiary/aromatic N) is 3. The lowest BCUT2D eigenvalue weighted by Crippen LogP contribution is -2.13. The Morgan fingerprint density at radius 2 is 1.93 bits per heavy atom. The van der Waals surface area contributed by atoms with Crippen LogP contribution in [0.3, 0.4) is 0 Å². The summed E-state index contributed by atoms with van der Waals surface area (Å²) in [4.78, 5) is 22.1. The van der Waals surface area contributed by atoms with Gasteiger partial charge in [0.2, 0.25) is 5.91 Å². The van der Waals surface area contributed by atoms with Crippen LogP contribution in [0.25, 0.3) is 0 Å². The van der Waals surface area contributed by atoms with Gasteiger partial charge in [0.15, 0.2) is 6.61 Å². The summed E-state index contributed by atoms with van der Waals surface area (Å²) < 4.78 is 11.1. The van der Waals surface area contributed by atoms with Crippen LogP contribution >= 0.6 is 11.8 Å². The van der Waals surface area contributed by atoms with Gasteiger partial charge < -0.3 is 14.5 Å². The van der Waals surface area contributed by atoms with Gasteiger partial charge in [-0.2, -0.15) is 0 Å². The molecule has 1 N–H and O–H groups in total. The number of carbonyl (C=O) groups is 1. The molecule has 3 rings (SSSR count). The number of rotatable bonds is 8. The Morgan fingerprint density at radius 1 is 1.17 bits per heavy atom. The van der Waals surface area contributed by atoms with Crippen LogP contribution in [-0.4, -0.2) is 26.8 Å². The first-order valence-electron chi connectivity index (χ1n) is 8.60. The molecule has 9 nitrogen and oxygen atoms in total. The average molecular weight is 414 g/mol. The molecular weight excluding hydrogens is 396 g/mol. The zero-order valence-electron chi connectivity index (χ0n) is 15.7. The van der Waals surface area contributed by atoms with Crippen molar-refractivity contribution in [2.24, 2.45) is 0 Å². The maximum absolute atomic E-state index is 12.0. The molecule has 0 atom stereocenters. The highest BCUT2D eigenvalue weighted by Gasteiger charge is 2.11. The zero-order chi connectivity index (χ0) is 20.8. The molecule has 0 bridgehead atoms. The summed E-state index contributed by atoms with van der Waals surface area (Å²) in [7, 11) is 0. The number of nitrogens with one attached hydrogen (secondary N) is 1. The van der Waals surface area contributed by atoms with Crippen molar-refractivity contribution in [3.05, 3.63) is 69.6 Å². The van der Waals surface area contributed by atoms with E-state index in [1.54, 1.807) is 0 Å². The molecule has 0 unspecified atom stereocenters. The Balaban J connectivity index is 1.46. The Morgan fingerprint density at radius 3 is 2.62 bits per heavy atom. The summed E-state index contributed by atoms with van der Waals surface area (Å²) in [5.41, 5.74) is 2.73. The number of anilines is 1. The molecule has 0 radical (unpaired) electrons. The third kappa shape index (κ3) is 5.79. The van der Waals surface area contributed by atoms with Gasteiger partial charge in [-0.3, -0.25) is 14.9 Å². The summed E-state index contributed by atoms with van der Waals surface area (Å²) in [6.07, 6.45) is 0. The predicted molar refractivity (Wildman–Crippen MR) is 107 cm³/mol. The largest absolute Gasteiger partial charge is 0.484 e. The van der Waals surface area contributed by atoms with Crippen LogP contribution in [0.4, 0.5) is 11.4 Å². The van der Waals surface area contributed by atoms with Crippen LogP contribution in [0, 0.1) is 24.0 Å². The predicted octanol–water partition coefficient (Wildman–Crippen LogP) is 3.90. The second-order valence-corrected chi connectivity index (χ2v) is 7.06. The minimum atomic E-state index is -0.502. The fraction of sp³-hybridized carbons (Fsp3) is 0.211. The highest BCUT2D eigenvalue weighted by molar-refractivity contribution is 7.99. The van der Waals surface area contributed by atoms with E-state index in [-0.39, 0.29) is 29.2 Å². The number of nitro benzene ring substituents is 1. The second-order valence-electron chi connectivity index (χ2n) is 6.14. The van der Waals surface area contributed by atoms with Gasteiger partial charge in [-0.1, -0.05) is 17.8 Å². The number of hydrogen-bond donors (Lipinski definition) is 1. The molecule has 150 valence electrons. The molecule has 0 saturated heterocycles. The standard InChI is InChI=1S/C19H18N4O5S/c1-12-3-8-16(9-13(12)2)27-10-18-21-22-19(28-18)29-11-17(24)20-14-4-6-15(7-5-14)23(25)26/h3-9H,10-11H2,1-2H3,(H,20,24). The first kappa shape index (κ1) is 20.3. The summed E-state index contributed by atoms with van der Waals surface area (Å²) in [5.74, 6) is 0.774. The molecule has 1 heterocycles. The molecule has 0 aliphatic rings. The van der Waals surface area contributed by atoms with Gasteiger partial charge in [-0.25, -0.2) is 0 Å². The van der Waals surface area contributed by atoms with Crippen molar-refractivity contribution in [3.63, 3.8) is 0 Å². The molecule has 0 aliphatic heterocycles. The molecule has 10 heteroatoms. The number of hydrogen-bond acceptors (Lipinski definition) is 8. The molecule has 0 saturated carbocycles. The molecule has 0 aliphatic carbocycles. The average Bonchev–Trinajstić information content (AvgIpc) is 3.16. The molecule has 1 aromatic heterocycles. The maximum Gasteiger partial charge on any atom is 0.277 e. The lowest BCUT2D eigenvalue weighted by atomic mass is 10.1. The van der Waals surface area contributed by atoms with Gasteiger partial charge in [0.05, 0.1) is 10.7 Å². The number of amides is 1. The minimum Gasteiger partial charge on any atom is -0.484 e. The maximum atomic E-state index is 12.0. The molecule has 3 aromatic rings. The van der Waals surface area contributed by atoms with E-state index in [9.17, 15) is 14.9 Å². The van der Waals surface area contributed by atoms with E-state index in [1.807, 2.05) is 32.0 Å². The van der Waals surface area contributed by atoms with E-state index in [1.165, 1.54) is 29.8 Å². The van der Waals surface area contributed by atoms with E-state index >= 15 is 0 Å². The fourth-order valence-electron chi connectivity index (χ4n) is 2.29. The number of aryl methyl sites for hydroxylation is 2. The van der Waals surface area contributed by atoms with E-state index in [2.05, 4.69) is 15.5 Å². The van der Waals surface area contributed by atoms with Crippen LogP contribution in [0.15, 0.2) is 52.1 Å². The first-order valence-corrected chi connectivity index (χ1v) is 9.59. The molecule has 0 fully saturated rings. The number of ether oxygens (including phenoxy) is 1. The molecule has 2 aromatic carbocycles. The van der Waals surface area contributed by atoms with E-state index in [4.69, 9.17) is 9.15 Å². The van der Waals surface area contributed by atoms with E-state index in [0.29, 0.717) is 17.3 Å². The summed E-state index contributed by atoms with van der Waals surface area (Å²) in [6.45, 7) is 4.16. The first-order chi connectivity index (χ1) is 13.9. The van der Waals surface area contributed by atoms with Gasteiger partial charge in [0.25, 0.3) is 16.8 Å². The number of thioether (sulfide) groups is 1. The van der Waals surface area contributed by atoms with Crippen molar-refractivity contribution in [2.75, 3.05) is 11.1 Å². The van der Waals surface area contributed by atoms with Gasteiger partial charge in [-0.05, 0) is 49.2 Å². The van der Waals surface area contributed by atoms with Crippen molar-refractivity contribution in [1.82, 2.24) is 10.2 Å². The minimum absolute atomic E-state index is 0.0428. The highest BCUT2D eigenvalue weighted by atomic mass is 32.2. The van der Waals surface area contributed by atoms with Crippen molar-refractivity contribution in [3.8, 4) is 5.75 Å². The number of carbonyl (C=O) groups excluding carboxylic acids is 1. The SMILES string of the molecule is Cc1ccc(OCc2nnc(SCC(=O)Nc3ccc([N+](=O)[O-])cc3)o2)cc1C. The Kier molecular flexibility index (Phi) is 6.45. The monoisotopic (exact) mass is 414 g/mol. The summed E-state index contributed by atoms with van der Waals surface area (Å²) in [6, 6.07) is 11.4. The van der Waals surface area contributed by atoms with Crippen LogP contribution in [0.5, 0.6) is 5.75 Å². The van der Waals surface area contributed by atoms with Gasteiger partial charge in [-0.15, -0.1) is 10.2 Å². The normalized spacial score (nSPS) is 10.6. The summed E-state index contributed by atoms with van der Waals surface area (Å²) >= 11 is 1.09. The topological polar surface area (TPSA) is 120 Å². The zero-order valence-corrected chi connectivity index (χ0v) is 16.6. The third-order valence-corrected chi connectivity index (χ3v) is 4.80. The number of benzene rings is 2. The van der Waals surface area contributed by atoms with E-state index in [0.717, 1.165) is 17.3 Å².